The van der Waals surface area contributed by atoms with Gasteiger partial charge in [-0.2, -0.15) is 4.98 Å². The van der Waals surface area contributed by atoms with Crippen molar-refractivity contribution in [3.8, 4) is 0 Å². The molecule has 4 aromatic heterocycles. The van der Waals surface area contributed by atoms with Crippen molar-refractivity contribution in [2.45, 2.75) is 150 Å². The first-order valence-corrected chi connectivity index (χ1v) is 42.1. The maximum atomic E-state index is 12.8. The highest BCUT2D eigenvalue weighted by atomic mass is 35.5. The summed E-state index contributed by atoms with van der Waals surface area (Å²) in [6, 6.07) is 10.9. The molecule has 6 aromatic rings. The lowest BCUT2D eigenvalue weighted by atomic mass is 10.1. The van der Waals surface area contributed by atoms with Crippen LogP contribution in [0.1, 0.15) is 145 Å². The molecule has 1 saturated heterocycles. The second-order valence-electron chi connectivity index (χ2n) is 25.3. The highest BCUT2D eigenvalue weighted by molar-refractivity contribution is 7.47. The molecule has 123 heavy (non-hydrogen) atoms. The van der Waals surface area contributed by atoms with E-state index >= 15 is 0 Å². The Bertz CT molecular complexity index is 4690. The van der Waals surface area contributed by atoms with Crippen molar-refractivity contribution in [2.75, 3.05) is 106 Å². The van der Waals surface area contributed by atoms with Gasteiger partial charge in [0.25, 0.3) is 34.7 Å². The lowest BCUT2D eigenvalue weighted by molar-refractivity contribution is -0.197. The number of esters is 4. The smallest absolute Gasteiger partial charge is 0.472 e. The number of benzene rings is 2. The largest absolute Gasteiger partial charge is 0.480 e. The summed E-state index contributed by atoms with van der Waals surface area (Å²) in [6.45, 7) is 14.4. The van der Waals surface area contributed by atoms with Gasteiger partial charge in [0.05, 0.1) is 87.1 Å². The number of amides is 4. The number of hydroxylamine groups is 2. The minimum atomic E-state index is -4.61. The number of pyridine rings is 1. The van der Waals surface area contributed by atoms with Gasteiger partial charge in [0.1, 0.15) is 36.9 Å². The third-order valence-corrected chi connectivity index (χ3v) is 18.1. The molecule has 2 aromatic carbocycles. The third kappa shape index (κ3) is 41.5. The zero-order valence-corrected chi connectivity index (χ0v) is 71.6. The Morgan fingerprint density at radius 3 is 1.46 bits per heavy atom. The number of phosphoric acid groups is 2. The number of hydrogen-bond acceptors (Lipinski definition) is 37. The van der Waals surface area contributed by atoms with Gasteiger partial charge in [-0.3, -0.25) is 80.8 Å². The van der Waals surface area contributed by atoms with Crippen LogP contribution in [-0.4, -0.2) is 245 Å². The number of carbonyl (C=O) groups is 12. The molecule has 0 aliphatic carbocycles. The summed E-state index contributed by atoms with van der Waals surface area (Å²) < 4.78 is 62.2. The monoisotopic (exact) mass is 1810 g/mol. The molecule has 1 fully saturated rings. The molecule has 0 saturated carbocycles. The average Bonchev–Trinajstić information content (AvgIpc) is 1.42. The van der Waals surface area contributed by atoms with E-state index in [1.54, 1.807) is 45.0 Å². The number of ether oxygens (including phenoxy) is 4. The van der Waals surface area contributed by atoms with Crippen LogP contribution in [0.5, 0.6) is 0 Å². The SMILES string of the molecule is CCC(=O)OC[C@H](COP(=O)(O)OCCN)OC(=O)CC.CCC(=O)OC[C@H](COP(=O)(O)OCCNCC(=O)CCC(NC(=O)c1ccc(NCc2cnc3nc(N)[nH]c(=O)c3n2)cc1)C(=O)O)OC(=O)CC.CCN(CC)CC.ClCCl.Nc1cc2ncc(CNc3ccc(C(=O)NC(CCC(=O)ON4C(=O)CCC4=O)C(=O)O)cc3)nc2c(=O)[nH]1. The molecule has 46 nitrogen and oxygen atoms in total. The van der Waals surface area contributed by atoms with Crippen molar-refractivity contribution in [3.63, 3.8) is 0 Å². The number of halogens is 2. The molecule has 17 N–H and O–H groups in total. The number of Topliss-reactive ketones (excluding diaryl/α,β-unsaturated/α-hetero) is 1. The number of nitrogens with zero attached hydrogens (tertiary/aromatic N) is 7. The third-order valence-electron chi connectivity index (χ3n) is 16.1. The average molecular weight is 1820 g/mol. The van der Waals surface area contributed by atoms with Crippen molar-refractivity contribution in [1.82, 2.24) is 60.8 Å². The van der Waals surface area contributed by atoms with Crippen molar-refractivity contribution in [2.24, 2.45) is 5.73 Å². The van der Waals surface area contributed by atoms with Gasteiger partial charge in [0.15, 0.2) is 28.9 Å². The van der Waals surface area contributed by atoms with Gasteiger partial charge in [0, 0.05) is 86.6 Å². The molecule has 0 radical (unpaired) electrons. The van der Waals surface area contributed by atoms with Crippen LogP contribution in [0.2, 0.25) is 0 Å². The van der Waals surface area contributed by atoms with E-state index in [-0.39, 0.29) is 162 Å². The molecule has 5 heterocycles. The van der Waals surface area contributed by atoms with Crippen LogP contribution in [0, 0.1) is 0 Å². The van der Waals surface area contributed by atoms with E-state index in [1.807, 2.05) is 0 Å². The number of phosphoric ester groups is 2. The Morgan fingerprint density at radius 2 is 1.02 bits per heavy atom. The molecule has 4 amide bonds. The topological polar surface area (TPSA) is 678 Å². The normalized spacial score (nSPS) is 13.4. The number of nitrogens with two attached hydrogens (primary N) is 3. The van der Waals surface area contributed by atoms with E-state index in [1.165, 1.54) is 69.3 Å². The van der Waals surface area contributed by atoms with Crippen LogP contribution in [0.4, 0.5) is 23.1 Å². The number of aromatic nitrogens is 7. The molecule has 6 atom stereocenters. The predicted molar refractivity (Wildman–Crippen MR) is 441 cm³/mol. The highest BCUT2D eigenvalue weighted by Gasteiger charge is 2.34. The number of rotatable bonds is 47. The molecule has 1 aliphatic heterocycles. The van der Waals surface area contributed by atoms with Crippen molar-refractivity contribution in [1.29, 1.82) is 0 Å². The first-order chi connectivity index (χ1) is 58.4. The fourth-order valence-corrected chi connectivity index (χ4v) is 11.1. The number of carboxylic acid groups (broad SMARTS) is 2. The second-order valence-corrected chi connectivity index (χ2v) is 29.0. The molecule has 1 aliphatic rings. The van der Waals surface area contributed by atoms with Crippen molar-refractivity contribution in [3.05, 3.63) is 110 Å². The van der Waals surface area contributed by atoms with E-state index < -0.39 is 142 Å². The number of alkyl halides is 2. The number of aliphatic carboxylic acids is 2. The van der Waals surface area contributed by atoms with Gasteiger partial charge in [0.2, 0.25) is 5.95 Å². The summed E-state index contributed by atoms with van der Waals surface area (Å²) in [5, 5.41) is 33.2. The Hall–Kier alpha value is -11.1. The summed E-state index contributed by atoms with van der Waals surface area (Å²) in [4.78, 5) is 217. The van der Waals surface area contributed by atoms with Crippen LogP contribution in [0.25, 0.3) is 22.2 Å². The quantitative estimate of drug-likeness (QED) is 0.00647. The fourth-order valence-electron chi connectivity index (χ4n) is 9.62. The Morgan fingerprint density at radius 1 is 0.577 bits per heavy atom. The van der Waals surface area contributed by atoms with E-state index in [2.05, 4.69) is 96.2 Å². The molecule has 7 rings (SSSR count). The van der Waals surface area contributed by atoms with Crippen LogP contribution in [0.3, 0.4) is 0 Å². The van der Waals surface area contributed by atoms with Crippen LogP contribution in [0.15, 0.2) is 76.6 Å². The number of nitrogen functional groups attached to an aromatic ring is 2. The maximum Gasteiger partial charge on any atom is 0.472 e. The van der Waals surface area contributed by atoms with Crippen molar-refractivity contribution < 1.29 is 129 Å². The van der Waals surface area contributed by atoms with E-state index in [9.17, 15) is 96.3 Å². The molecule has 678 valence electrons. The summed E-state index contributed by atoms with van der Waals surface area (Å²) in [5.41, 5.74) is 18.4. The number of fused-ring (bicyclic) bond motifs is 2. The number of aromatic amines is 2. The number of nitrogens with one attached hydrogen (secondary N) is 7. The van der Waals surface area contributed by atoms with Gasteiger partial charge in [-0.05, 0) is 81.0 Å². The van der Waals surface area contributed by atoms with E-state index in [4.69, 9.17) is 73.2 Å². The zero-order valence-electron chi connectivity index (χ0n) is 68.3. The minimum absolute atomic E-state index is 0.0175. The molecular formula is C73H103Cl2N17O29P2. The standard InChI is InChI=1S/C31H41N8O13P.C24H23N7O8.C11H22NO8P.C6H15N.CH2Cl2/c1-3-24(41)49-16-22(52-25(42)4-2)17-51-53(47,48)50-12-11-33-15-21(40)9-10-23(30(45)46)37-28(43)18-5-7-19(8-6-18)34-13-20-14-35-27-26(36-20)29(44)39-31(32)38-27;25-17-9-16-21(23(36)30-17)28-14(11-27-16)10-26-13-3-1-12(2-4-13)22(35)29-15(24(37)38)5-8-20(34)39-31-18(32)6-7-19(31)33;1-3-10(13)17-7-9(20-11(14)4-2)8-19-21(15,16)18-6-5-12;1-4-7(5-2)6-3;2-1-3/h5-8,14,22-23,33-34H,3-4,9-13,15-17H2,1-2H3,(H,37,43)(H,45,46)(H,47,48)(H3,32,35,38,39,44);1-4,9,11,15,26H,5-8,10H2,(H,29,35)(H,37,38)(H3,25,30,36);9H,3-8,12H2,1-2H3,(H,15,16);4-6H2,1-3H3;1H2/t22-,23?;;9-;;/m1.1../s1. The van der Waals surface area contributed by atoms with E-state index in [0.29, 0.717) is 33.3 Å². The maximum absolute atomic E-state index is 12.8. The number of ketones is 1. The number of imide groups is 1. The molecule has 0 spiro atoms. The van der Waals surface area contributed by atoms with Gasteiger partial charge >= 0.3 is 57.4 Å². The first kappa shape index (κ1) is 106. The van der Waals surface area contributed by atoms with Crippen LogP contribution >= 0.6 is 38.8 Å². The number of hydrogen-bond donors (Lipinski definition) is 14. The molecule has 4 unspecified atom stereocenters. The van der Waals surface area contributed by atoms with Crippen LogP contribution < -0.4 is 54.9 Å². The van der Waals surface area contributed by atoms with Gasteiger partial charge in [-0.1, -0.05) is 48.5 Å². The van der Waals surface area contributed by atoms with Gasteiger partial charge in [-0.15, -0.1) is 28.3 Å². The van der Waals surface area contributed by atoms with Gasteiger partial charge < -0.3 is 97.5 Å². The summed E-state index contributed by atoms with van der Waals surface area (Å²) >= 11 is 9.53. The minimum Gasteiger partial charge on any atom is -0.480 e. The molecule has 50 heteroatoms. The fraction of sp³-hybridized carbons (Fsp3) is 0.493. The summed E-state index contributed by atoms with van der Waals surface area (Å²) in [7, 11) is -8.89. The lowest BCUT2D eigenvalue weighted by Crippen LogP contribution is -2.41. The van der Waals surface area contributed by atoms with Crippen molar-refractivity contribution >= 4 is 155 Å². The predicted octanol–water partition coefficient (Wildman–Crippen LogP) is 3.64. The zero-order chi connectivity index (χ0) is 91.8. The highest BCUT2D eigenvalue weighted by Crippen LogP contribution is 2.44. The molecular weight excluding hydrogens is 1710 g/mol. The van der Waals surface area contributed by atoms with Crippen LogP contribution in [-0.2, 0) is 112 Å². The van der Waals surface area contributed by atoms with E-state index in [0.717, 1.165) is 0 Å². The number of carbonyl (C=O) groups excluding carboxylic acids is 10. The summed E-state index contributed by atoms with van der Waals surface area (Å²) in [6.07, 6.45) is -0.147. The number of H-pyrrole nitrogens is 2. The Balaban J connectivity index is 0.000000484. The Kier molecular flexibility index (Phi) is 48.7. The second kappa shape index (κ2) is 56.5. The Labute approximate surface area is 713 Å². The van der Waals surface area contributed by atoms with Gasteiger partial charge in [-0.25, -0.2) is 38.5 Å². The lowest BCUT2D eigenvalue weighted by Gasteiger charge is -2.19. The summed E-state index contributed by atoms with van der Waals surface area (Å²) in [5.74, 6) is -8.88. The number of carboxylic acids is 2. The first-order valence-electron chi connectivity index (χ1n) is 38.1. The number of anilines is 4. The molecule has 0 bridgehead atoms.